The van der Waals surface area contributed by atoms with Gasteiger partial charge in [-0.2, -0.15) is 0 Å². The molecule has 290 valence electrons. The first-order valence-electron chi connectivity index (χ1n) is 18.4. The highest BCUT2D eigenvalue weighted by atomic mass is 16.7. The van der Waals surface area contributed by atoms with Gasteiger partial charge in [0.25, 0.3) is 0 Å². The number of aliphatic hydroxyl groups is 4. The third-order valence-corrected chi connectivity index (χ3v) is 12.1. The molecule has 4 aliphatic rings. The Kier molecular flexibility index (Phi) is 13.2. The second kappa shape index (κ2) is 15.9. The highest BCUT2D eigenvalue weighted by Crippen LogP contribution is 2.48. The summed E-state index contributed by atoms with van der Waals surface area (Å²) in [5.74, 6) is -2.69. The van der Waals surface area contributed by atoms with Gasteiger partial charge in [-0.05, 0) is 73.9 Å². The van der Waals surface area contributed by atoms with Gasteiger partial charge in [0.2, 0.25) is 0 Å². The lowest BCUT2D eigenvalue weighted by molar-refractivity contribution is -0.314. The van der Waals surface area contributed by atoms with Crippen LogP contribution in [0.4, 0.5) is 0 Å². The first-order valence-corrected chi connectivity index (χ1v) is 18.4. The van der Waals surface area contributed by atoms with E-state index in [0.29, 0.717) is 25.0 Å². The van der Waals surface area contributed by atoms with Crippen LogP contribution >= 0.6 is 0 Å². The summed E-state index contributed by atoms with van der Waals surface area (Å²) in [6.07, 6.45) is -5.72. The third kappa shape index (κ3) is 7.93. The van der Waals surface area contributed by atoms with Crippen LogP contribution in [0.15, 0.2) is 11.3 Å². The van der Waals surface area contributed by atoms with Gasteiger partial charge in [-0.15, -0.1) is 0 Å². The molecule has 5 N–H and O–H groups in total. The third-order valence-electron chi connectivity index (χ3n) is 12.1. The van der Waals surface area contributed by atoms with Crippen molar-refractivity contribution in [2.45, 2.75) is 173 Å². The Morgan fingerprint density at radius 1 is 1.08 bits per heavy atom. The maximum atomic E-state index is 14.3. The molecule has 13 nitrogen and oxygen atoms in total. The lowest BCUT2D eigenvalue weighted by atomic mass is 9.76. The minimum atomic E-state index is -1.61. The molecule has 50 heavy (non-hydrogen) atoms. The fourth-order valence-electron chi connectivity index (χ4n) is 8.88. The second-order valence-electron chi connectivity index (χ2n) is 16.1. The molecule has 0 radical (unpaired) electrons. The number of fused-ring (bicyclic) bond motifs is 2. The van der Waals surface area contributed by atoms with Crippen LogP contribution in [-0.2, 0) is 38.0 Å². The highest BCUT2D eigenvalue weighted by Gasteiger charge is 2.56. The number of rotatable bonds is 10. The van der Waals surface area contributed by atoms with Gasteiger partial charge in [0.15, 0.2) is 12.6 Å². The second-order valence-corrected chi connectivity index (χ2v) is 16.1. The smallest absolute Gasteiger partial charge is 0.311 e. The van der Waals surface area contributed by atoms with E-state index in [1.165, 1.54) is 7.11 Å². The van der Waals surface area contributed by atoms with Crippen molar-refractivity contribution in [3.8, 4) is 0 Å². The van der Waals surface area contributed by atoms with E-state index in [9.17, 15) is 25.2 Å². The Hall–Kier alpha value is -1.39. The SMILES string of the molecule is CC[C@@H](CO)[C@@](C)(O)[C@@H]1OC(=O)[C@H](C)[C@@H](O[C@H]2C[C@@](C)(OC)[C@@H](O)[C@H](C)O2)[C@H](C)[C@@H](O[C@@H]2O[C@H](C)C[C@H](NC)[C@H]2O)C2(C)CC(C)=C(O2)[C@@H]1C. The van der Waals surface area contributed by atoms with Crippen LogP contribution < -0.4 is 5.32 Å². The number of hydrogen-bond donors (Lipinski definition) is 5. The van der Waals surface area contributed by atoms with Gasteiger partial charge in [0, 0.05) is 44.4 Å². The average Bonchev–Trinajstić information content (AvgIpc) is 3.37. The monoisotopic (exact) mass is 715 g/mol. The average molecular weight is 716 g/mol. The molecule has 0 aromatic heterocycles. The maximum Gasteiger partial charge on any atom is 0.311 e. The normalized spacial score (nSPS) is 46.4. The van der Waals surface area contributed by atoms with Crippen LogP contribution in [0, 0.1) is 23.7 Å². The van der Waals surface area contributed by atoms with E-state index in [1.807, 2.05) is 41.5 Å². The molecular weight excluding hydrogens is 650 g/mol. The van der Waals surface area contributed by atoms with Gasteiger partial charge in [-0.1, -0.05) is 20.8 Å². The number of aliphatic hydroxyl groups excluding tert-OH is 3. The van der Waals surface area contributed by atoms with Crippen molar-refractivity contribution < 1.29 is 58.4 Å². The Morgan fingerprint density at radius 2 is 1.74 bits per heavy atom. The van der Waals surface area contributed by atoms with Crippen LogP contribution in [0.1, 0.15) is 94.9 Å². The minimum Gasteiger partial charge on any atom is -0.488 e. The summed E-state index contributed by atoms with van der Waals surface area (Å²) >= 11 is 0. The molecule has 0 aromatic rings. The molecule has 17 atom stereocenters. The van der Waals surface area contributed by atoms with Crippen molar-refractivity contribution in [2.75, 3.05) is 20.8 Å². The van der Waals surface area contributed by atoms with Crippen molar-refractivity contribution in [3.63, 3.8) is 0 Å². The fraction of sp³-hybridized carbons (Fsp3) is 0.919. The fourth-order valence-corrected chi connectivity index (χ4v) is 8.88. The van der Waals surface area contributed by atoms with E-state index in [4.69, 9.17) is 33.2 Å². The zero-order chi connectivity index (χ0) is 37.5. The zero-order valence-electron chi connectivity index (χ0n) is 32.2. The summed E-state index contributed by atoms with van der Waals surface area (Å²) in [4.78, 5) is 14.3. The van der Waals surface area contributed by atoms with Crippen molar-refractivity contribution in [1.82, 2.24) is 5.32 Å². The number of cyclic esters (lactones) is 1. The van der Waals surface area contributed by atoms with Gasteiger partial charge in [0.1, 0.15) is 41.4 Å². The van der Waals surface area contributed by atoms with Gasteiger partial charge in [0.05, 0.1) is 35.7 Å². The lowest BCUT2D eigenvalue weighted by Crippen LogP contribution is -2.60. The largest absolute Gasteiger partial charge is 0.488 e. The number of likely N-dealkylation sites (N-methyl/N-ethyl adjacent to an activating group) is 1. The summed E-state index contributed by atoms with van der Waals surface area (Å²) in [5.41, 5.74) is -2.71. The number of hydrogen-bond acceptors (Lipinski definition) is 13. The van der Waals surface area contributed by atoms with Crippen LogP contribution in [0.2, 0.25) is 0 Å². The zero-order valence-corrected chi connectivity index (χ0v) is 32.2. The van der Waals surface area contributed by atoms with Crippen molar-refractivity contribution in [3.05, 3.63) is 11.3 Å². The summed E-state index contributed by atoms with van der Waals surface area (Å²) < 4.78 is 44.9. The number of nitrogens with one attached hydrogen (secondary N) is 1. The molecule has 3 saturated heterocycles. The topological polar surface area (TPSA) is 175 Å². The van der Waals surface area contributed by atoms with Crippen LogP contribution in [0.3, 0.4) is 0 Å². The molecule has 1 unspecified atom stereocenters. The molecule has 0 aromatic carbocycles. The Bertz CT molecular complexity index is 1190. The standard InChI is InChI=1S/C37H65NO12/c1-13-24(17-39)37(10,43)32-20(4)28-18(2)15-36(9,50-28)31(49-34-27(40)25(38-11)14-19(3)45-34)21(5)29(22(6)33(42)48-32)47-26-16-35(8,44-12)30(41)23(7)46-26/h19-27,29-32,34,38-41,43H,13-17H2,1-12H3/t19-,20+,21+,22-,23+,24+,25+,26+,27-,29+,30+,31-,32-,34+,35-,36?,37-/m1/s1. The van der Waals surface area contributed by atoms with E-state index in [-0.39, 0.29) is 25.2 Å². The first kappa shape index (κ1) is 41.4. The van der Waals surface area contributed by atoms with Crippen molar-refractivity contribution in [1.29, 1.82) is 0 Å². The minimum absolute atomic E-state index is 0.180. The molecule has 13 heteroatoms. The van der Waals surface area contributed by atoms with E-state index in [0.717, 1.165) is 5.57 Å². The number of carbonyl (C=O) groups is 1. The molecule has 0 saturated carbocycles. The Morgan fingerprint density at radius 3 is 2.32 bits per heavy atom. The molecule has 4 rings (SSSR count). The molecule has 2 bridgehead atoms. The number of methoxy groups -OCH3 is 1. The number of carbonyl (C=O) groups excluding carboxylic acids is 1. The van der Waals surface area contributed by atoms with Gasteiger partial charge in [-0.3, -0.25) is 4.79 Å². The van der Waals surface area contributed by atoms with E-state index in [1.54, 1.807) is 34.7 Å². The molecule has 0 spiro atoms. The van der Waals surface area contributed by atoms with Gasteiger partial charge in [-0.25, -0.2) is 0 Å². The Labute approximate surface area is 298 Å². The first-order chi connectivity index (χ1) is 23.3. The van der Waals surface area contributed by atoms with E-state index in [2.05, 4.69) is 5.32 Å². The molecule has 4 aliphatic heterocycles. The summed E-state index contributed by atoms with van der Waals surface area (Å²) in [7, 11) is 3.32. The summed E-state index contributed by atoms with van der Waals surface area (Å²) in [6, 6.07) is -0.271. The predicted octanol–water partition coefficient (Wildman–Crippen LogP) is 2.80. The molecule has 3 fully saturated rings. The van der Waals surface area contributed by atoms with E-state index >= 15 is 0 Å². The number of esters is 1. The quantitative estimate of drug-likeness (QED) is 0.209. The molecule has 4 heterocycles. The summed E-state index contributed by atoms with van der Waals surface area (Å²) in [6.45, 7) is 18.0. The van der Waals surface area contributed by atoms with E-state index < -0.39 is 95.6 Å². The Balaban J connectivity index is 1.83. The van der Waals surface area contributed by atoms with Gasteiger partial charge < -0.3 is 58.9 Å². The highest BCUT2D eigenvalue weighted by molar-refractivity contribution is 5.73. The van der Waals surface area contributed by atoms with Crippen LogP contribution in [-0.4, -0.2) is 125 Å². The molecule has 0 aliphatic carbocycles. The predicted molar refractivity (Wildman–Crippen MR) is 184 cm³/mol. The van der Waals surface area contributed by atoms with Crippen molar-refractivity contribution in [2.24, 2.45) is 23.7 Å². The lowest BCUT2D eigenvalue weighted by Gasteiger charge is -2.48. The molecular formula is C37H65NO12. The summed E-state index contributed by atoms with van der Waals surface area (Å²) in [5, 5.41) is 47.7. The van der Waals surface area contributed by atoms with Crippen LogP contribution in [0.25, 0.3) is 0 Å². The van der Waals surface area contributed by atoms with Gasteiger partial charge >= 0.3 is 5.97 Å². The van der Waals surface area contributed by atoms with Crippen molar-refractivity contribution >= 4 is 5.97 Å². The maximum absolute atomic E-state index is 14.3. The van der Waals surface area contributed by atoms with Crippen LogP contribution in [0.5, 0.6) is 0 Å². The number of ether oxygens (including phenoxy) is 7. The molecule has 0 amide bonds.